The van der Waals surface area contributed by atoms with Gasteiger partial charge in [-0.15, -0.1) is 0 Å². The Hall–Kier alpha value is -1.87. The van der Waals surface area contributed by atoms with Crippen molar-refractivity contribution < 1.29 is 9.84 Å². The van der Waals surface area contributed by atoms with E-state index in [0.29, 0.717) is 5.88 Å². The van der Waals surface area contributed by atoms with Crippen LogP contribution in [0.3, 0.4) is 0 Å². The van der Waals surface area contributed by atoms with Gasteiger partial charge in [-0.25, -0.2) is 4.98 Å². The highest BCUT2D eigenvalue weighted by atomic mass is 16.5. The maximum atomic E-state index is 9.32. The Morgan fingerprint density at radius 3 is 2.44 bits per heavy atom. The third-order valence-corrected chi connectivity index (χ3v) is 2.21. The average molecular weight is 215 g/mol. The molecule has 2 aromatic rings. The fourth-order valence-electron chi connectivity index (χ4n) is 1.31. The molecular weight excluding hydrogens is 202 g/mol. The van der Waals surface area contributed by atoms with E-state index in [1.807, 2.05) is 30.3 Å². The molecule has 1 heterocycles. The van der Waals surface area contributed by atoms with E-state index >= 15 is 0 Å². The van der Waals surface area contributed by atoms with Crippen LogP contribution in [0.4, 0.5) is 0 Å². The van der Waals surface area contributed by atoms with Crippen LogP contribution >= 0.6 is 0 Å². The van der Waals surface area contributed by atoms with Gasteiger partial charge in [0.25, 0.3) is 0 Å². The van der Waals surface area contributed by atoms with E-state index in [4.69, 9.17) is 4.74 Å². The first kappa shape index (κ1) is 10.6. The van der Waals surface area contributed by atoms with E-state index in [0.717, 1.165) is 11.3 Å². The van der Waals surface area contributed by atoms with Crippen molar-refractivity contribution in [3.63, 3.8) is 0 Å². The van der Waals surface area contributed by atoms with Crippen LogP contribution in [-0.2, 0) is 0 Å². The van der Waals surface area contributed by atoms with Gasteiger partial charge < -0.3 is 9.84 Å². The van der Waals surface area contributed by atoms with Crippen LogP contribution in [0.5, 0.6) is 11.6 Å². The van der Waals surface area contributed by atoms with Gasteiger partial charge in [-0.05, 0) is 30.7 Å². The number of aliphatic hydroxyl groups excluding tert-OH is 1. The Kier molecular flexibility index (Phi) is 3.17. The Morgan fingerprint density at radius 2 is 1.88 bits per heavy atom. The molecule has 1 aromatic heterocycles. The molecule has 3 heteroatoms. The van der Waals surface area contributed by atoms with Gasteiger partial charge in [-0.2, -0.15) is 0 Å². The van der Waals surface area contributed by atoms with E-state index in [-0.39, 0.29) is 0 Å². The Bertz CT molecular complexity index is 437. The molecule has 0 aliphatic rings. The minimum absolute atomic E-state index is 0.502. The predicted molar refractivity (Wildman–Crippen MR) is 61.4 cm³/mol. The highest BCUT2D eigenvalue weighted by Crippen LogP contribution is 2.20. The number of ether oxygens (including phenoxy) is 1. The molecule has 0 aliphatic carbocycles. The SMILES string of the molecule is CC(O)c1ccc(Oc2ccccc2)nc1. The zero-order valence-corrected chi connectivity index (χ0v) is 9.00. The molecule has 0 bridgehead atoms. The lowest BCUT2D eigenvalue weighted by molar-refractivity contribution is 0.198. The molecule has 0 saturated heterocycles. The van der Waals surface area contributed by atoms with Gasteiger partial charge in [-0.3, -0.25) is 0 Å². The van der Waals surface area contributed by atoms with Crippen LogP contribution < -0.4 is 4.74 Å². The van der Waals surface area contributed by atoms with Gasteiger partial charge in [0.2, 0.25) is 5.88 Å². The first-order valence-corrected chi connectivity index (χ1v) is 5.12. The van der Waals surface area contributed by atoms with Crippen LogP contribution in [0, 0.1) is 0 Å². The summed E-state index contributed by atoms with van der Waals surface area (Å²) in [6.45, 7) is 1.70. The Balaban J connectivity index is 2.11. The largest absolute Gasteiger partial charge is 0.439 e. The summed E-state index contributed by atoms with van der Waals surface area (Å²) in [5.41, 5.74) is 0.778. The maximum Gasteiger partial charge on any atom is 0.219 e. The maximum absolute atomic E-state index is 9.32. The van der Waals surface area contributed by atoms with Crippen molar-refractivity contribution in [3.05, 3.63) is 54.2 Å². The van der Waals surface area contributed by atoms with E-state index in [9.17, 15) is 5.11 Å². The van der Waals surface area contributed by atoms with Gasteiger partial charge in [0.05, 0.1) is 6.10 Å². The summed E-state index contributed by atoms with van der Waals surface area (Å²) < 4.78 is 5.52. The Labute approximate surface area is 94.3 Å². The van der Waals surface area contributed by atoms with Crippen molar-refractivity contribution in [1.82, 2.24) is 4.98 Å². The number of hydrogen-bond donors (Lipinski definition) is 1. The topological polar surface area (TPSA) is 42.4 Å². The van der Waals surface area contributed by atoms with Crippen molar-refractivity contribution in [2.45, 2.75) is 13.0 Å². The number of hydrogen-bond acceptors (Lipinski definition) is 3. The van der Waals surface area contributed by atoms with Crippen molar-refractivity contribution in [3.8, 4) is 11.6 Å². The summed E-state index contributed by atoms with van der Waals surface area (Å²) in [7, 11) is 0. The predicted octanol–water partition coefficient (Wildman–Crippen LogP) is 2.93. The van der Waals surface area contributed by atoms with Gasteiger partial charge in [-0.1, -0.05) is 18.2 Å². The number of aliphatic hydroxyl groups is 1. The number of benzene rings is 1. The van der Waals surface area contributed by atoms with Crippen molar-refractivity contribution in [2.75, 3.05) is 0 Å². The van der Waals surface area contributed by atoms with Crippen molar-refractivity contribution >= 4 is 0 Å². The summed E-state index contributed by atoms with van der Waals surface area (Å²) in [6.07, 6.45) is 1.11. The third kappa shape index (κ3) is 2.58. The monoisotopic (exact) mass is 215 g/mol. The van der Waals surface area contributed by atoms with E-state index in [2.05, 4.69) is 4.98 Å². The highest BCUT2D eigenvalue weighted by Gasteiger charge is 2.02. The zero-order chi connectivity index (χ0) is 11.4. The summed E-state index contributed by atoms with van der Waals surface area (Å²) in [5.74, 6) is 1.27. The molecule has 1 aromatic carbocycles. The normalized spacial score (nSPS) is 12.1. The van der Waals surface area contributed by atoms with E-state index in [1.165, 1.54) is 0 Å². The van der Waals surface area contributed by atoms with Crippen LogP contribution in [0.25, 0.3) is 0 Å². The minimum Gasteiger partial charge on any atom is -0.439 e. The second-order valence-corrected chi connectivity index (χ2v) is 3.52. The molecule has 0 saturated carbocycles. The van der Waals surface area contributed by atoms with Gasteiger partial charge >= 0.3 is 0 Å². The fourth-order valence-corrected chi connectivity index (χ4v) is 1.31. The molecule has 3 nitrogen and oxygen atoms in total. The van der Waals surface area contributed by atoms with Crippen LogP contribution in [0.1, 0.15) is 18.6 Å². The second-order valence-electron chi connectivity index (χ2n) is 3.52. The number of rotatable bonds is 3. The van der Waals surface area contributed by atoms with E-state index in [1.54, 1.807) is 25.3 Å². The lowest BCUT2D eigenvalue weighted by Crippen LogP contribution is -1.93. The first-order valence-electron chi connectivity index (χ1n) is 5.12. The first-order chi connectivity index (χ1) is 7.75. The van der Waals surface area contributed by atoms with Gasteiger partial charge in [0.1, 0.15) is 5.75 Å². The molecule has 16 heavy (non-hydrogen) atoms. The molecule has 0 amide bonds. The molecule has 1 atom stereocenters. The number of aromatic nitrogens is 1. The van der Waals surface area contributed by atoms with Gasteiger partial charge in [0.15, 0.2) is 0 Å². The number of nitrogens with zero attached hydrogens (tertiary/aromatic N) is 1. The summed E-state index contributed by atoms with van der Waals surface area (Å²) in [5, 5.41) is 9.32. The molecule has 0 aliphatic heterocycles. The van der Waals surface area contributed by atoms with Crippen LogP contribution in [0.2, 0.25) is 0 Å². The smallest absolute Gasteiger partial charge is 0.219 e. The average Bonchev–Trinajstić information content (AvgIpc) is 2.31. The van der Waals surface area contributed by atoms with Crippen molar-refractivity contribution in [1.29, 1.82) is 0 Å². The molecule has 2 rings (SSSR count). The molecule has 82 valence electrons. The third-order valence-electron chi connectivity index (χ3n) is 2.21. The van der Waals surface area contributed by atoms with Crippen LogP contribution in [-0.4, -0.2) is 10.1 Å². The quantitative estimate of drug-likeness (QED) is 0.855. The van der Waals surface area contributed by atoms with Crippen molar-refractivity contribution in [2.24, 2.45) is 0 Å². The lowest BCUT2D eigenvalue weighted by Gasteiger charge is -2.06. The number of pyridine rings is 1. The second kappa shape index (κ2) is 4.77. The zero-order valence-electron chi connectivity index (χ0n) is 9.00. The molecule has 0 radical (unpaired) electrons. The minimum atomic E-state index is -0.502. The lowest BCUT2D eigenvalue weighted by atomic mass is 10.2. The number of para-hydroxylation sites is 1. The Morgan fingerprint density at radius 1 is 1.12 bits per heavy atom. The van der Waals surface area contributed by atoms with Crippen LogP contribution in [0.15, 0.2) is 48.7 Å². The molecule has 0 spiro atoms. The highest BCUT2D eigenvalue weighted by molar-refractivity contribution is 5.27. The molecule has 1 N–H and O–H groups in total. The standard InChI is InChI=1S/C13H13NO2/c1-10(15)11-7-8-13(14-9-11)16-12-5-3-2-4-6-12/h2-10,15H,1H3. The van der Waals surface area contributed by atoms with E-state index < -0.39 is 6.10 Å². The summed E-state index contributed by atoms with van der Waals surface area (Å²) >= 11 is 0. The summed E-state index contributed by atoms with van der Waals surface area (Å²) in [6, 6.07) is 13.0. The van der Waals surface area contributed by atoms with Gasteiger partial charge in [0, 0.05) is 12.3 Å². The molecule has 1 unspecified atom stereocenters. The molecular formula is C13H13NO2. The fraction of sp³-hybridized carbons (Fsp3) is 0.154. The summed E-state index contributed by atoms with van der Waals surface area (Å²) in [4.78, 5) is 4.11. The molecule has 0 fully saturated rings.